The van der Waals surface area contributed by atoms with Crippen LogP contribution in [0.2, 0.25) is 0 Å². The molecule has 0 aliphatic carbocycles. The van der Waals surface area contributed by atoms with Crippen LogP contribution >= 0.6 is 0 Å². The highest BCUT2D eigenvalue weighted by Crippen LogP contribution is 1.90. The second-order valence-corrected chi connectivity index (χ2v) is 5.58. The Kier molecular flexibility index (Phi) is 23.1. The molecule has 29 heavy (non-hydrogen) atoms. The standard InChI is InChI=1S/2C7H17N3O2.H2O4S/c2*1-3-11-6(12-4-2)5-10-7(8)9;1-5(2,3)4/h2*6H,3-5H2,1-2H3,(H4,8,9,10);(H2,1,2,3,4). The average molecular weight is 449 g/mol. The Balaban J connectivity index is -0.000000380. The van der Waals surface area contributed by atoms with E-state index in [-0.39, 0.29) is 24.5 Å². The van der Waals surface area contributed by atoms with Gasteiger partial charge >= 0.3 is 11.9 Å². The van der Waals surface area contributed by atoms with Crippen molar-refractivity contribution in [3.8, 4) is 0 Å². The minimum Gasteiger partial charge on any atom is -0.759 e. The maximum atomic E-state index is 8.52. The van der Waals surface area contributed by atoms with E-state index in [0.29, 0.717) is 39.5 Å². The lowest BCUT2D eigenvalue weighted by atomic mass is 10.6. The van der Waals surface area contributed by atoms with Crippen molar-refractivity contribution in [3.05, 3.63) is 0 Å². The Bertz CT molecular complexity index is 472. The van der Waals surface area contributed by atoms with Crippen molar-refractivity contribution in [2.24, 2.45) is 22.9 Å². The van der Waals surface area contributed by atoms with Gasteiger partial charge in [0.1, 0.15) is 13.1 Å². The van der Waals surface area contributed by atoms with Gasteiger partial charge in [-0.25, -0.2) is 0 Å². The van der Waals surface area contributed by atoms with E-state index in [1.165, 1.54) is 0 Å². The number of ether oxygens (including phenoxy) is 4. The van der Waals surface area contributed by atoms with E-state index in [9.17, 15) is 0 Å². The van der Waals surface area contributed by atoms with Gasteiger partial charge in [0.15, 0.2) is 12.6 Å². The van der Waals surface area contributed by atoms with Crippen LogP contribution in [0.5, 0.6) is 0 Å². The molecule has 0 heterocycles. The lowest BCUT2D eigenvalue weighted by Crippen LogP contribution is -2.80. The lowest BCUT2D eigenvalue weighted by molar-refractivity contribution is -0.488. The summed E-state index contributed by atoms with van der Waals surface area (Å²) in [5.41, 5.74) is 20.8. The number of nitrogens with one attached hydrogen (secondary N) is 2. The monoisotopic (exact) mass is 448 g/mol. The summed E-state index contributed by atoms with van der Waals surface area (Å²) >= 11 is 0. The van der Waals surface area contributed by atoms with Crippen LogP contribution < -0.4 is 32.9 Å². The molecular formula is C14H36N6O8S. The Labute approximate surface area is 172 Å². The molecule has 0 amide bonds. The number of rotatable bonds is 12. The van der Waals surface area contributed by atoms with E-state index in [1.54, 1.807) is 0 Å². The average Bonchev–Trinajstić information content (AvgIpc) is 2.57. The first-order chi connectivity index (χ1) is 13.4. The Hall–Kier alpha value is -1.75. The molecule has 0 aromatic heterocycles. The van der Waals surface area contributed by atoms with Crippen LogP contribution in [0.1, 0.15) is 27.7 Å². The van der Waals surface area contributed by atoms with Gasteiger partial charge in [0.05, 0.1) is 0 Å². The normalized spacial score (nSPS) is 10.5. The van der Waals surface area contributed by atoms with Gasteiger partial charge in [0.2, 0.25) is 0 Å². The smallest absolute Gasteiger partial charge is 0.338 e. The minimum absolute atomic E-state index is 0.180. The van der Waals surface area contributed by atoms with Crippen molar-refractivity contribution in [1.29, 1.82) is 0 Å². The van der Waals surface area contributed by atoms with Gasteiger partial charge in [-0.1, -0.05) is 0 Å². The number of hydrogen-bond acceptors (Lipinski definition) is 8. The van der Waals surface area contributed by atoms with Gasteiger partial charge < -0.3 is 28.1 Å². The SMILES string of the molecule is CCOC(C[NH+]=C(N)N)OCC.CCOC(C[NH+]=C(N)N)OCC.O=S(=O)([O-])[O-]. The van der Waals surface area contributed by atoms with Crippen LogP contribution in [0.3, 0.4) is 0 Å². The Morgan fingerprint density at radius 2 is 0.931 bits per heavy atom. The summed E-state index contributed by atoms with van der Waals surface area (Å²) in [4.78, 5) is 5.47. The summed E-state index contributed by atoms with van der Waals surface area (Å²) < 4.78 is 55.0. The van der Waals surface area contributed by atoms with Crippen molar-refractivity contribution < 1.29 is 46.5 Å². The Morgan fingerprint density at radius 1 is 0.724 bits per heavy atom. The van der Waals surface area contributed by atoms with Crippen molar-refractivity contribution in [2.45, 2.75) is 40.3 Å². The van der Waals surface area contributed by atoms with E-state index in [2.05, 4.69) is 9.98 Å². The third-order valence-electron chi connectivity index (χ3n) is 2.36. The van der Waals surface area contributed by atoms with Crippen LogP contribution in [0.4, 0.5) is 0 Å². The zero-order valence-electron chi connectivity index (χ0n) is 17.4. The third kappa shape index (κ3) is 37.6. The molecule has 0 fully saturated rings. The predicted octanol–water partition coefficient (Wildman–Crippen LogP) is -5.86. The molecule has 0 saturated heterocycles. The van der Waals surface area contributed by atoms with E-state index in [1.807, 2.05) is 27.7 Å². The highest BCUT2D eigenvalue weighted by Gasteiger charge is 2.07. The topological polar surface area (TPSA) is 249 Å². The third-order valence-corrected chi connectivity index (χ3v) is 2.36. The van der Waals surface area contributed by atoms with Crippen molar-refractivity contribution >= 4 is 22.3 Å². The van der Waals surface area contributed by atoms with Crippen LogP contribution in [-0.4, -0.2) is 81.5 Å². The van der Waals surface area contributed by atoms with Crippen LogP contribution in [0.15, 0.2) is 0 Å². The fourth-order valence-corrected chi connectivity index (χ4v) is 1.48. The molecule has 14 nitrogen and oxygen atoms in total. The number of hydrogen-bond donors (Lipinski definition) is 6. The zero-order chi connectivity index (χ0) is 23.3. The Morgan fingerprint density at radius 3 is 1.07 bits per heavy atom. The molecular weight excluding hydrogens is 412 g/mol. The molecule has 0 aliphatic heterocycles. The van der Waals surface area contributed by atoms with Gasteiger partial charge in [0, 0.05) is 36.8 Å². The van der Waals surface area contributed by atoms with Crippen molar-refractivity contribution in [2.75, 3.05) is 39.5 Å². The molecule has 0 aromatic rings. The largest absolute Gasteiger partial charge is 0.759 e. The summed E-state index contributed by atoms with van der Waals surface area (Å²) in [5.74, 6) is 0.360. The van der Waals surface area contributed by atoms with E-state index in [0.717, 1.165) is 0 Å². The second-order valence-electron chi connectivity index (χ2n) is 4.76. The molecule has 0 aromatic carbocycles. The summed E-state index contributed by atoms with van der Waals surface area (Å²) in [7, 11) is -5.17. The molecule has 0 atom stereocenters. The predicted molar refractivity (Wildman–Crippen MR) is 103 cm³/mol. The second kappa shape index (κ2) is 21.0. The fourth-order valence-electron chi connectivity index (χ4n) is 1.48. The molecule has 0 spiro atoms. The maximum absolute atomic E-state index is 8.52. The van der Waals surface area contributed by atoms with Crippen molar-refractivity contribution in [3.63, 3.8) is 0 Å². The molecule has 0 aliphatic rings. The van der Waals surface area contributed by atoms with E-state index < -0.39 is 10.4 Å². The molecule has 0 bridgehead atoms. The molecule has 0 saturated carbocycles. The first-order valence-electron chi connectivity index (χ1n) is 8.77. The minimum atomic E-state index is -5.17. The zero-order valence-corrected chi connectivity index (χ0v) is 18.2. The summed E-state index contributed by atoms with van der Waals surface area (Å²) in [6, 6.07) is 0. The molecule has 0 unspecified atom stereocenters. The summed E-state index contributed by atoms with van der Waals surface area (Å²) in [5, 5.41) is 0. The summed E-state index contributed by atoms with van der Waals surface area (Å²) in [6.45, 7) is 11.0. The van der Waals surface area contributed by atoms with Crippen molar-refractivity contribution in [1.82, 2.24) is 0 Å². The van der Waals surface area contributed by atoms with Gasteiger partial charge in [0.25, 0.3) is 0 Å². The van der Waals surface area contributed by atoms with Crippen LogP contribution in [-0.2, 0) is 29.3 Å². The molecule has 0 rings (SSSR count). The fraction of sp³-hybridized carbons (Fsp3) is 0.857. The first kappa shape index (κ1) is 31.9. The van der Waals surface area contributed by atoms with Gasteiger partial charge in [-0.2, -0.15) is 0 Å². The van der Waals surface area contributed by atoms with E-state index >= 15 is 0 Å². The molecule has 0 radical (unpaired) electrons. The highest BCUT2D eigenvalue weighted by atomic mass is 32.3. The summed E-state index contributed by atoms with van der Waals surface area (Å²) in [6.07, 6.45) is -0.552. The van der Waals surface area contributed by atoms with E-state index in [4.69, 9.17) is 59.4 Å². The molecule has 15 heteroatoms. The van der Waals surface area contributed by atoms with Gasteiger partial charge in [-0.05, 0) is 27.7 Å². The quantitative estimate of drug-likeness (QED) is 0.0536. The highest BCUT2D eigenvalue weighted by molar-refractivity contribution is 7.79. The maximum Gasteiger partial charge on any atom is 0.338 e. The molecule has 176 valence electrons. The van der Waals surface area contributed by atoms with Crippen LogP contribution in [0, 0.1) is 0 Å². The molecule has 10 N–H and O–H groups in total. The van der Waals surface area contributed by atoms with Gasteiger partial charge in [-0.3, -0.25) is 41.3 Å². The van der Waals surface area contributed by atoms with Gasteiger partial charge in [-0.15, -0.1) is 0 Å². The number of nitrogens with two attached hydrogens (primary N) is 4. The lowest BCUT2D eigenvalue weighted by Gasteiger charge is -2.13. The van der Waals surface area contributed by atoms with Crippen LogP contribution in [0.25, 0.3) is 0 Å². The first-order valence-corrected chi connectivity index (χ1v) is 10.1. The number of guanidine groups is 2.